The van der Waals surface area contributed by atoms with Crippen LogP contribution in [-0.4, -0.2) is 5.66 Å². The molecule has 27 heavy (non-hydrogen) atoms. The van der Waals surface area contributed by atoms with E-state index < -0.39 is 0 Å². The Morgan fingerprint density at radius 3 is 1.81 bits per heavy atom. The molecule has 3 rings (SSSR count). The third kappa shape index (κ3) is 4.99. The zero-order chi connectivity index (χ0) is 19.7. The molecule has 0 amide bonds. The molecule has 142 valence electrons. The van der Waals surface area contributed by atoms with Gasteiger partial charge >= 0.3 is 0 Å². The van der Waals surface area contributed by atoms with Crippen LogP contribution >= 0.6 is 17.2 Å². The minimum atomic E-state index is 0.187. The Bertz CT molecular complexity index is 860. The van der Waals surface area contributed by atoms with Crippen LogP contribution in [0.3, 0.4) is 0 Å². The Hall–Kier alpha value is -1.22. The van der Waals surface area contributed by atoms with Gasteiger partial charge in [-0.25, -0.2) is 0 Å². The van der Waals surface area contributed by atoms with Crippen molar-refractivity contribution < 1.29 is 0 Å². The molecule has 1 aliphatic rings. The molecule has 0 heterocycles. The van der Waals surface area contributed by atoms with Gasteiger partial charge in [0.15, 0.2) is 0 Å². The van der Waals surface area contributed by atoms with Crippen molar-refractivity contribution in [1.29, 1.82) is 0 Å². The van der Waals surface area contributed by atoms with Gasteiger partial charge < -0.3 is 0 Å². The van der Waals surface area contributed by atoms with E-state index in [1.807, 2.05) is 0 Å². The second-order valence-electron chi connectivity index (χ2n) is 9.35. The summed E-state index contributed by atoms with van der Waals surface area (Å²) in [5.41, 5.74) is 3.89. The van der Waals surface area contributed by atoms with Crippen LogP contribution in [0, 0.1) is 0 Å². The number of benzene rings is 2. The lowest BCUT2D eigenvalue weighted by Crippen LogP contribution is -2.22. The molecular weight excluding hydrogens is 362 g/mol. The van der Waals surface area contributed by atoms with E-state index in [0.29, 0.717) is 5.66 Å². The van der Waals surface area contributed by atoms with Gasteiger partial charge in [-0.05, 0) is 37.9 Å². The Morgan fingerprint density at radius 1 is 0.704 bits per heavy atom. The molecular formula is C25H32P2. The van der Waals surface area contributed by atoms with Gasteiger partial charge in [0.1, 0.15) is 0 Å². The maximum Gasteiger partial charge on any atom is 0.0242 e. The molecule has 2 aromatic carbocycles. The number of allylic oxidation sites excluding steroid dienone is 4. The van der Waals surface area contributed by atoms with E-state index in [0.717, 1.165) is 17.2 Å². The Labute approximate surface area is 169 Å². The maximum atomic E-state index is 2.40. The monoisotopic (exact) mass is 394 g/mol. The van der Waals surface area contributed by atoms with Crippen LogP contribution in [0.1, 0.15) is 52.7 Å². The second kappa shape index (κ2) is 8.03. The summed E-state index contributed by atoms with van der Waals surface area (Å²) < 4.78 is 0. The lowest BCUT2D eigenvalue weighted by atomic mass is 9.87. The number of hydrogen-bond acceptors (Lipinski definition) is 0. The highest BCUT2D eigenvalue weighted by atomic mass is 31.1. The van der Waals surface area contributed by atoms with Crippen LogP contribution in [0.25, 0.3) is 0 Å². The third-order valence-corrected chi connectivity index (χ3v) is 8.30. The van der Waals surface area contributed by atoms with E-state index in [-0.39, 0.29) is 10.8 Å². The Morgan fingerprint density at radius 2 is 1.22 bits per heavy atom. The SMILES string of the molecule is CC(C)(C)c1ccccc1PC1=CC=CC1Pc1ccccc1C(C)(C)C. The van der Waals surface area contributed by atoms with Crippen LogP contribution in [0.15, 0.2) is 72.1 Å². The predicted molar refractivity (Wildman–Crippen MR) is 127 cm³/mol. The molecule has 0 aliphatic heterocycles. The summed E-state index contributed by atoms with van der Waals surface area (Å²) in [5, 5.41) is 4.59. The highest BCUT2D eigenvalue weighted by molar-refractivity contribution is 7.55. The summed E-state index contributed by atoms with van der Waals surface area (Å²) in [4.78, 5) is 0. The van der Waals surface area contributed by atoms with Crippen LogP contribution in [0.5, 0.6) is 0 Å². The largest absolute Gasteiger partial charge is 0.0784 e. The highest BCUT2D eigenvalue weighted by Crippen LogP contribution is 2.42. The minimum absolute atomic E-state index is 0.187. The van der Waals surface area contributed by atoms with Crippen molar-refractivity contribution in [2.24, 2.45) is 0 Å². The summed E-state index contributed by atoms with van der Waals surface area (Å²) >= 11 is 0. The second-order valence-corrected chi connectivity index (χ2v) is 12.2. The van der Waals surface area contributed by atoms with Crippen LogP contribution in [-0.2, 0) is 10.8 Å². The summed E-state index contributed by atoms with van der Waals surface area (Å²) in [6, 6.07) is 18.0. The molecule has 0 spiro atoms. The topological polar surface area (TPSA) is 0 Å². The first-order valence-electron chi connectivity index (χ1n) is 9.77. The van der Waals surface area contributed by atoms with Crippen molar-refractivity contribution in [3.05, 3.63) is 83.2 Å². The molecule has 0 radical (unpaired) electrons. The molecule has 3 atom stereocenters. The zero-order valence-electron chi connectivity index (χ0n) is 17.4. The van der Waals surface area contributed by atoms with Crippen molar-refractivity contribution in [2.45, 2.75) is 58.0 Å². The molecule has 3 unspecified atom stereocenters. The van der Waals surface area contributed by atoms with Gasteiger partial charge in [0.05, 0.1) is 0 Å². The molecule has 0 N–H and O–H groups in total. The van der Waals surface area contributed by atoms with Crippen molar-refractivity contribution in [3.63, 3.8) is 0 Å². The summed E-state index contributed by atoms with van der Waals surface area (Å²) in [6.45, 7) is 13.9. The predicted octanol–water partition coefficient (Wildman–Crippen LogP) is 6.41. The van der Waals surface area contributed by atoms with Crippen molar-refractivity contribution in [2.75, 3.05) is 0 Å². The number of hydrogen-bond donors (Lipinski definition) is 0. The molecule has 0 aromatic heterocycles. The van der Waals surface area contributed by atoms with Gasteiger partial charge in [0, 0.05) is 5.66 Å². The van der Waals surface area contributed by atoms with Gasteiger partial charge in [-0.15, -0.1) is 0 Å². The van der Waals surface area contributed by atoms with Crippen LogP contribution in [0.2, 0.25) is 0 Å². The normalized spacial score (nSPS) is 18.1. The number of rotatable bonds is 4. The standard InChI is InChI=1S/C25H32P2/c1-24(2,3)18-12-7-9-14-20(18)26-22-16-11-17-23(22)27-21-15-10-8-13-19(21)25(4,5)6/h7-17,22,26-27H,1-6H3. The fraction of sp³-hybridized carbons (Fsp3) is 0.360. The summed E-state index contributed by atoms with van der Waals surface area (Å²) in [5.74, 6) is 0. The third-order valence-electron chi connectivity index (χ3n) is 4.97. The van der Waals surface area contributed by atoms with Gasteiger partial charge in [-0.1, -0.05) is 125 Å². The Balaban J connectivity index is 1.84. The van der Waals surface area contributed by atoms with Crippen molar-refractivity contribution in [1.82, 2.24) is 0 Å². The van der Waals surface area contributed by atoms with E-state index in [4.69, 9.17) is 0 Å². The van der Waals surface area contributed by atoms with Crippen molar-refractivity contribution >= 4 is 27.8 Å². The minimum Gasteiger partial charge on any atom is -0.0784 e. The zero-order valence-corrected chi connectivity index (χ0v) is 19.4. The van der Waals surface area contributed by atoms with Crippen LogP contribution in [0.4, 0.5) is 0 Å². The molecule has 0 saturated heterocycles. The van der Waals surface area contributed by atoms with Crippen molar-refractivity contribution in [3.8, 4) is 0 Å². The molecule has 0 nitrogen and oxygen atoms in total. The van der Waals surface area contributed by atoms with Gasteiger partial charge in [-0.2, -0.15) is 0 Å². The van der Waals surface area contributed by atoms with E-state index in [1.54, 1.807) is 5.31 Å². The fourth-order valence-electron chi connectivity index (χ4n) is 3.56. The van der Waals surface area contributed by atoms with E-state index in [9.17, 15) is 0 Å². The Kier molecular flexibility index (Phi) is 6.10. The van der Waals surface area contributed by atoms with E-state index >= 15 is 0 Å². The van der Waals surface area contributed by atoms with Crippen LogP contribution < -0.4 is 10.6 Å². The smallest absolute Gasteiger partial charge is 0.0242 e. The van der Waals surface area contributed by atoms with E-state index in [2.05, 4.69) is 108 Å². The average molecular weight is 394 g/mol. The molecule has 1 aliphatic carbocycles. The summed E-state index contributed by atoms with van der Waals surface area (Å²) in [6.07, 6.45) is 7.02. The summed E-state index contributed by atoms with van der Waals surface area (Å²) in [7, 11) is 1.55. The fourth-order valence-corrected chi connectivity index (χ4v) is 7.10. The maximum absolute atomic E-state index is 2.40. The molecule has 2 heteroatoms. The molecule has 0 saturated carbocycles. The molecule has 0 bridgehead atoms. The van der Waals surface area contributed by atoms with E-state index in [1.165, 1.54) is 21.7 Å². The average Bonchev–Trinajstić information content (AvgIpc) is 3.01. The van der Waals surface area contributed by atoms with Gasteiger partial charge in [0.2, 0.25) is 0 Å². The quantitative estimate of drug-likeness (QED) is 0.526. The molecule has 2 aromatic rings. The first-order valence-corrected chi connectivity index (χ1v) is 11.8. The van der Waals surface area contributed by atoms with Gasteiger partial charge in [-0.3, -0.25) is 0 Å². The lowest BCUT2D eigenvalue weighted by molar-refractivity contribution is 0.594. The highest BCUT2D eigenvalue weighted by Gasteiger charge is 2.23. The first kappa shape index (κ1) is 20.5. The lowest BCUT2D eigenvalue weighted by Gasteiger charge is -2.26. The first-order chi connectivity index (χ1) is 12.7. The van der Waals surface area contributed by atoms with Gasteiger partial charge in [0.25, 0.3) is 0 Å². The molecule has 0 fully saturated rings.